The van der Waals surface area contributed by atoms with E-state index in [0.29, 0.717) is 25.1 Å². The van der Waals surface area contributed by atoms with Gasteiger partial charge < -0.3 is 19.9 Å². The number of morpholine rings is 1. The first-order chi connectivity index (χ1) is 12.7. The van der Waals surface area contributed by atoms with E-state index in [2.05, 4.69) is 15.2 Å². The number of aromatic nitrogens is 1. The lowest BCUT2D eigenvalue weighted by atomic mass is 10.1. The fourth-order valence-corrected chi connectivity index (χ4v) is 3.71. The van der Waals surface area contributed by atoms with Crippen molar-refractivity contribution in [3.05, 3.63) is 62.6 Å². The Labute approximate surface area is 154 Å². The average molecular weight is 369 g/mol. The summed E-state index contributed by atoms with van der Waals surface area (Å²) in [4.78, 5) is 31.6. The van der Waals surface area contributed by atoms with Gasteiger partial charge in [-0.3, -0.25) is 9.59 Å². The molecule has 1 aliphatic rings. The molecule has 1 aromatic carbocycles. The monoisotopic (exact) mass is 369 g/mol. The van der Waals surface area contributed by atoms with Crippen LogP contribution in [0.4, 0.5) is 5.69 Å². The van der Waals surface area contributed by atoms with Crippen molar-refractivity contribution in [3.63, 3.8) is 0 Å². The molecule has 6 nitrogen and oxygen atoms in total. The number of hydrogen-bond acceptors (Lipinski definition) is 5. The van der Waals surface area contributed by atoms with Gasteiger partial charge in [-0.1, -0.05) is 6.07 Å². The zero-order valence-electron chi connectivity index (χ0n) is 14.2. The van der Waals surface area contributed by atoms with Crippen LogP contribution in [-0.2, 0) is 11.3 Å². The van der Waals surface area contributed by atoms with Crippen LogP contribution in [0.2, 0.25) is 0 Å². The summed E-state index contributed by atoms with van der Waals surface area (Å²) < 4.78 is 5.38. The molecule has 0 spiro atoms. The van der Waals surface area contributed by atoms with E-state index >= 15 is 0 Å². The lowest BCUT2D eigenvalue weighted by molar-refractivity contribution is 0.0950. The quantitative estimate of drug-likeness (QED) is 0.740. The van der Waals surface area contributed by atoms with Crippen LogP contribution in [0.25, 0.3) is 10.9 Å². The summed E-state index contributed by atoms with van der Waals surface area (Å²) in [5.74, 6) is -0.363. The van der Waals surface area contributed by atoms with Crippen molar-refractivity contribution < 1.29 is 9.53 Å². The molecule has 0 radical (unpaired) electrons. The summed E-state index contributed by atoms with van der Waals surface area (Å²) in [7, 11) is 0. The fraction of sp³-hybridized carbons (Fsp3) is 0.263. The SMILES string of the molecule is O=C(NCc1cccs1)c1c[nH]c2ccc(N3CCOCC3)cc2c1=O. The molecular formula is C19H19N3O3S. The average Bonchev–Trinajstić information content (AvgIpc) is 3.21. The van der Waals surface area contributed by atoms with Gasteiger partial charge in [-0.05, 0) is 29.6 Å². The van der Waals surface area contributed by atoms with Gasteiger partial charge in [-0.15, -0.1) is 11.3 Å². The number of carbonyl (C=O) groups excluding carboxylic acids is 1. The van der Waals surface area contributed by atoms with Gasteiger partial charge in [0.05, 0.1) is 19.8 Å². The highest BCUT2D eigenvalue weighted by atomic mass is 32.1. The van der Waals surface area contributed by atoms with Crippen molar-refractivity contribution in [3.8, 4) is 0 Å². The Morgan fingerprint density at radius 3 is 2.88 bits per heavy atom. The van der Waals surface area contributed by atoms with Gasteiger partial charge in [0.1, 0.15) is 5.56 Å². The van der Waals surface area contributed by atoms with Crippen LogP contribution in [0, 0.1) is 0 Å². The summed E-state index contributed by atoms with van der Waals surface area (Å²) in [5.41, 5.74) is 1.58. The maximum absolute atomic E-state index is 12.8. The van der Waals surface area contributed by atoms with E-state index in [1.54, 1.807) is 11.3 Å². The summed E-state index contributed by atoms with van der Waals surface area (Å²) in [6.45, 7) is 3.37. The molecule has 26 heavy (non-hydrogen) atoms. The highest BCUT2D eigenvalue weighted by Crippen LogP contribution is 2.20. The molecule has 1 aliphatic heterocycles. The summed E-state index contributed by atoms with van der Waals surface area (Å²) in [6.07, 6.45) is 1.49. The molecule has 1 fully saturated rings. The first kappa shape index (κ1) is 16.8. The second-order valence-electron chi connectivity index (χ2n) is 6.12. The minimum atomic E-state index is -0.363. The molecule has 7 heteroatoms. The largest absolute Gasteiger partial charge is 0.378 e. The van der Waals surface area contributed by atoms with E-state index in [1.807, 2.05) is 35.7 Å². The zero-order valence-corrected chi connectivity index (χ0v) is 15.0. The van der Waals surface area contributed by atoms with Crippen molar-refractivity contribution >= 4 is 33.8 Å². The van der Waals surface area contributed by atoms with Gasteiger partial charge in [-0.2, -0.15) is 0 Å². The number of anilines is 1. The molecule has 0 atom stereocenters. The normalized spacial score (nSPS) is 14.5. The number of ether oxygens (including phenoxy) is 1. The van der Waals surface area contributed by atoms with E-state index < -0.39 is 0 Å². The van der Waals surface area contributed by atoms with Crippen molar-refractivity contribution in [1.29, 1.82) is 0 Å². The Kier molecular flexibility index (Phi) is 4.73. The summed E-state index contributed by atoms with van der Waals surface area (Å²) in [6, 6.07) is 9.61. The van der Waals surface area contributed by atoms with Crippen molar-refractivity contribution in [2.24, 2.45) is 0 Å². The topological polar surface area (TPSA) is 74.4 Å². The maximum atomic E-state index is 12.8. The molecule has 0 aliphatic carbocycles. The van der Waals surface area contributed by atoms with Crippen LogP contribution in [0.1, 0.15) is 15.2 Å². The lowest BCUT2D eigenvalue weighted by Crippen LogP contribution is -2.36. The predicted molar refractivity (Wildman–Crippen MR) is 103 cm³/mol. The van der Waals surface area contributed by atoms with Gasteiger partial charge in [0.15, 0.2) is 0 Å². The number of aromatic amines is 1. The van der Waals surface area contributed by atoms with E-state index in [1.165, 1.54) is 6.20 Å². The third-order valence-corrected chi connectivity index (χ3v) is 5.36. The van der Waals surface area contributed by atoms with E-state index in [4.69, 9.17) is 4.74 Å². The Morgan fingerprint density at radius 1 is 1.27 bits per heavy atom. The van der Waals surface area contributed by atoms with Crippen molar-refractivity contribution in [2.45, 2.75) is 6.54 Å². The highest BCUT2D eigenvalue weighted by molar-refractivity contribution is 7.09. The molecule has 4 rings (SSSR count). The number of nitrogens with zero attached hydrogens (tertiary/aromatic N) is 1. The second-order valence-corrected chi connectivity index (χ2v) is 7.16. The molecule has 1 saturated heterocycles. The molecule has 0 unspecified atom stereocenters. The third kappa shape index (κ3) is 3.36. The van der Waals surface area contributed by atoms with Crippen LogP contribution in [0.15, 0.2) is 46.7 Å². The number of nitrogens with one attached hydrogen (secondary N) is 2. The van der Waals surface area contributed by atoms with Gasteiger partial charge in [0, 0.05) is 40.8 Å². The number of pyridine rings is 1. The van der Waals surface area contributed by atoms with E-state index in [9.17, 15) is 9.59 Å². The molecule has 0 bridgehead atoms. The van der Waals surface area contributed by atoms with Gasteiger partial charge in [0.2, 0.25) is 5.43 Å². The first-order valence-electron chi connectivity index (χ1n) is 8.51. The van der Waals surface area contributed by atoms with Crippen LogP contribution >= 0.6 is 11.3 Å². The van der Waals surface area contributed by atoms with Crippen LogP contribution in [0.5, 0.6) is 0 Å². The van der Waals surface area contributed by atoms with Gasteiger partial charge >= 0.3 is 0 Å². The Bertz CT molecular complexity index is 975. The number of fused-ring (bicyclic) bond motifs is 1. The van der Waals surface area contributed by atoms with Crippen LogP contribution in [0.3, 0.4) is 0 Å². The zero-order chi connectivity index (χ0) is 17.9. The minimum Gasteiger partial charge on any atom is -0.378 e. The Hall–Kier alpha value is -2.64. The molecular weight excluding hydrogens is 350 g/mol. The summed E-state index contributed by atoms with van der Waals surface area (Å²) in [5, 5.41) is 5.29. The number of amides is 1. The van der Waals surface area contributed by atoms with Crippen LogP contribution in [-0.4, -0.2) is 37.2 Å². The Balaban J connectivity index is 1.62. The van der Waals surface area contributed by atoms with Gasteiger partial charge in [-0.25, -0.2) is 0 Å². The molecule has 134 valence electrons. The number of H-pyrrole nitrogens is 1. The fourth-order valence-electron chi connectivity index (χ4n) is 3.07. The number of carbonyl (C=O) groups is 1. The van der Waals surface area contributed by atoms with Crippen molar-refractivity contribution in [2.75, 3.05) is 31.2 Å². The standard InChI is InChI=1S/C19H19N3O3S/c23-18-15-10-13(22-5-7-25-8-6-22)3-4-17(15)20-12-16(18)19(24)21-11-14-2-1-9-26-14/h1-4,9-10,12H,5-8,11H2,(H,20,23)(H,21,24). The third-order valence-electron chi connectivity index (χ3n) is 4.49. The van der Waals surface area contributed by atoms with E-state index in [0.717, 1.165) is 29.2 Å². The maximum Gasteiger partial charge on any atom is 0.257 e. The predicted octanol–water partition coefficient (Wildman–Crippen LogP) is 2.36. The van der Waals surface area contributed by atoms with Crippen molar-refractivity contribution in [1.82, 2.24) is 10.3 Å². The van der Waals surface area contributed by atoms with E-state index in [-0.39, 0.29) is 16.9 Å². The molecule has 1 amide bonds. The second kappa shape index (κ2) is 7.31. The molecule has 3 heterocycles. The van der Waals surface area contributed by atoms with Crippen LogP contribution < -0.4 is 15.6 Å². The molecule has 3 aromatic rings. The number of hydrogen-bond donors (Lipinski definition) is 2. The minimum absolute atomic E-state index is 0.133. The molecule has 0 saturated carbocycles. The smallest absolute Gasteiger partial charge is 0.257 e. The number of rotatable bonds is 4. The first-order valence-corrected chi connectivity index (χ1v) is 9.39. The molecule has 2 aromatic heterocycles. The summed E-state index contributed by atoms with van der Waals surface area (Å²) >= 11 is 1.57. The number of thiophene rings is 1. The van der Waals surface area contributed by atoms with Gasteiger partial charge in [0.25, 0.3) is 5.91 Å². The lowest BCUT2D eigenvalue weighted by Gasteiger charge is -2.29. The Morgan fingerprint density at radius 2 is 2.12 bits per heavy atom. The number of benzene rings is 1. The highest BCUT2D eigenvalue weighted by Gasteiger charge is 2.16. The molecule has 2 N–H and O–H groups in total.